The highest BCUT2D eigenvalue weighted by atomic mass is 35.5. The largest absolute Gasteiger partial charge is 0.488 e. The van der Waals surface area contributed by atoms with Gasteiger partial charge >= 0.3 is 0 Å². The Morgan fingerprint density at radius 1 is 1.20 bits per heavy atom. The standard InChI is InChI=1S/C15H11ClF2O2/c1-9(19)12-4-3-11(17)7-15(12)20-8-10-2-5-13(16)14(18)6-10/h2-7H,8H2,1H3. The summed E-state index contributed by atoms with van der Waals surface area (Å²) in [6, 6.07) is 7.91. The molecule has 20 heavy (non-hydrogen) atoms. The van der Waals surface area contributed by atoms with Crippen LogP contribution in [0.1, 0.15) is 22.8 Å². The number of carbonyl (C=O) groups excluding carboxylic acids is 1. The second-order valence-corrected chi connectivity index (χ2v) is 4.64. The van der Waals surface area contributed by atoms with E-state index in [0.29, 0.717) is 5.56 Å². The first kappa shape index (κ1) is 14.5. The lowest BCUT2D eigenvalue weighted by atomic mass is 10.1. The Kier molecular flexibility index (Phi) is 4.35. The Balaban J connectivity index is 2.20. The fraction of sp³-hybridized carbons (Fsp3) is 0.133. The Hall–Kier alpha value is -1.94. The third kappa shape index (κ3) is 3.33. The van der Waals surface area contributed by atoms with E-state index in [1.165, 1.54) is 31.2 Å². The number of Topliss-reactive ketones (excluding diaryl/α,β-unsaturated/α-hetero) is 1. The number of benzene rings is 2. The van der Waals surface area contributed by atoms with E-state index in [-0.39, 0.29) is 28.7 Å². The van der Waals surface area contributed by atoms with Crippen molar-refractivity contribution in [3.05, 3.63) is 64.2 Å². The average Bonchev–Trinajstić information content (AvgIpc) is 2.40. The van der Waals surface area contributed by atoms with Crippen LogP contribution in [0.15, 0.2) is 36.4 Å². The first-order chi connectivity index (χ1) is 9.47. The first-order valence-corrected chi connectivity index (χ1v) is 6.22. The summed E-state index contributed by atoms with van der Waals surface area (Å²) < 4.78 is 31.8. The minimum atomic E-state index is -0.557. The lowest BCUT2D eigenvalue weighted by Crippen LogP contribution is -2.02. The van der Waals surface area contributed by atoms with Gasteiger partial charge in [-0.2, -0.15) is 0 Å². The predicted octanol–water partition coefficient (Wildman–Crippen LogP) is 4.40. The van der Waals surface area contributed by atoms with Gasteiger partial charge in [-0.05, 0) is 36.8 Å². The molecule has 0 spiro atoms. The van der Waals surface area contributed by atoms with Crippen LogP contribution >= 0.6 is 11.6 Å². The quantitative estimate of drug-likeness (QED) is 0.782. The third-order valence-corrected chi connectivity index (χ3v) is 3.01. The molecule has 0 saturated carbocycles. The molecule has 0 radical (unpaired) electrons. The van der Waals surface area contributed by atoms with E-state index >= 15 is 0 Å². The van der Waals surface area contributed by atoms with Crippen molar-refractivity contribution >= 4 is 17.4 Å². The fourth-order valence-electron chi connectivity index (χ4n) is 1.70. The minimum Gasteiger partial charge on any atom is -0.488 e. The molecule has 0 atom stereocenters. The van der Waals surface area contributed by atoms with E-state index in [9.17, 15) is 13.6 Å². The normalized spacial score (nSPS) is 10.4. The molecule has 104 valence electrons. The van der Waals surface area contributed by atoms with Gasteiger partial charge in [0.2, 0.25) is 0 Å². The van der Waals surface area contributed by atoms with E-state index in [1.807, 2.05) is 0 Å². The number of hydrogen-bond acceptors (Lipinski definition) is 2. The zero-order chi connectivity index (χ0) is 14.7. The molecule has 0 amide bonds. The van der Waals surface area contributed by atoms with Gasteiger partial charge in [0.1, 0.15) is 24.0 Å². The zero-order valence-electron chi connectivity index (χ0n) is 10.6. The van der Waals surface area contributed by atoms with Gasteiger partial charge in [0.25, 0.3) is 0 Å². The second kappa shape index (κ2) is 6.01. The summed E-state index contributed by atoms with van der Waals surface area (Å²) in [7, 11) is 0. The molecule has 2 aromatic carbocycles. The van der Waals surface area contributed by atoms with Crippen molar-refractivity contribution < 1.29 is 18.3 Å². The third-order valence-electron chi connectivity index (χ3n) is 2.70. The van der Waals surface area contributed by atoms with Gasteiger partial charge in [-0.25, -0.2) is 8.78 Å². The number of rotatable bonds is 4. The SMILES string of the molecule is CC(=O)c1ccc(F)cc1OCc1ccc(Cl)c(F)c1. The molecule has 0 aliphatic rings. The maximum absolute atomic E-state index is 13.3. The van der Waals surface area contributed by atoms with Gasteiger partial charge in [-0.3, -0.25) is 4.79 Å². The lowest BCUT2D eigenvalue weighted by Gasteiger charge is -2.10. The zero-order valence-corrected chi connectivity index (χ0v) is 11.4. The molecule has 0 aromatic heterocycles. The van der Waals surface area contributed by atoms with Gasteiger partial charge in [0, 0.05) is 6.07 Å². The molecule has 0 bridgehead atoms. The van der Waals surface area contributed by atoms with Crippen molar-refractivity contribution in [3.8, 4) is 5.75 Å². The van der Waals surface area contributed by atoms with E-state index < -0.39 is 11.6 Å². The maximum atomic E-state index is 13.3. The van der Waals surface area contributed by atoms with Gasteiger partial charge in [-0.15, -0.1) is 0 Å². The summed E-state index contributed by atoms with van der Waals surface area (Å²) in [5.41, 5.74) is 0.812. The number of ketones is 1. The molecule has 0 N–H and O–H groups in total. The van der Waals surface area contributed by atoms with Crippen molar-refractivity contribution in [1.29, 1.82) is 0 Å². The second-order valence-electron chi connectivity index (χ2n) is 4.23. The molecule has 0 aliphatic carbocycles. The van der Waals surface area contributed by atoms with Crippen LogP contribution in [0.5, 0.6) is 5.75 Å². The van der Waals surface area contributed by atoms with Crippen LogP contribution in [0.4, 0.5) is 8.78 Å². The molecule has 2 nitrogen and oxygen atoms in total. The average molecular weight is 297 g/mol. The van der Waals surface area contributed by atoms with Crippen LogP contribution in [0, 0.1) is 11.6 Å². The predicted molar refractivity (Wildman–Crippen MR) is 72.1 cm³/mol. The highest BCUT2D eigenvalue weighted by Crippen LogP contribution is 2.22. The highest BCUT2D eigenvalue weighted by molar-refractivity contribution is 6.30. The van der Waals surface area contributed by atoms with Crippen molar-refractivity contribution in [2.24, 2.45) is 0 Å². The fourth-order valence-corrected chi connectivity index (χ4v) is 1.81. The topological polar surface area (TPSA) is 26.3 Å². The van der Waals surface area contributed by atoms with E-state index in [0.717, 1.165) is 6.07 Å². The van der Waals surface area contributed by atoms with Crippen molar-refractivity contribution in [1.82, 2.24) is 0 Å². The van der Waals surface area contributed by atoms with Crippen LogP contribution in [0.2, 0.25) is 5.02 Å². The summed E-state index contributed by atoms with van der Waals surface area (Å²) in [4.78, 5) is 11.4. The summed E-state index contributed by atoms with van der Waals surface area (Å²) in [5.74, 6) is -1.17. The van der Waals surface area contributed by atoms with Crippen LogP contribution < -0.4 is 4.74 Å². The Bertz CT molecular complexity index is 656. The molecule has 0 unspecified atom stereocenters. The smallest absolute Gasteiger partial charge is 0.163 e. The van der Waals surface area contributed by atoms with Crippen LogP contribution in [-0.4, -0.2) is 5.78 Å². The summed E-state index contributed by atoms with van der Waals surface area (Å²) in [6.45, 7) is 1.37. The summed E-state index contributed by atoms with van der Waals surface area (Å²) in [6.07, 6.45) is 0. The van der Waals surface area contributed by atoms with Crippen LogP contribution in [-0.2, 0) is 6.61 Å². The number of carbonyl (C=O) groups is 1. The van der Waals surface area contributed by atoms with Crippen molar-refractivity contribution in [3.63, 3.8) is 0 Å². The van der Waals surface area contributed by atoms with E-state index in [2.05, 4.69) is 0 Å². The molecule has 5 heteroatoms. The highest BCUT2D eigenvalue weighted by Gasteiger charge is 2.10. The van der Waals surface area contributed by atoms with E-state index in [4.69, 9.17) is 16.3 Å². The molecule has 0 aliphatic heterocycles. The minimum absolute atomic E-state index is 0.0117. The number of hydrogen-bond donors (Lipinski definition) is 0. The van der Waals surface area contributed by atoms with Gasteiger partial charge in [-0.1, -0.05) is 17.7 Å². The van der Waals surface area contributed by atoms with Gasteiger partial charge in [0.15, 0.2) is 5.78 Å². The maximum Gasteiger partial charge on any atom is 0.163 e. The van der Waals surface area contributed by atoms with E-state index in [1.54, 1.807) is 6.07 Å². The van der Waals surface area contributed by atoms with Crippen molar-refractivity contribution in [2.45, 2.75) is 13.5 Å². The van der Waals surface area contributed by atoms with Gasteiger partial charge in [0.05, 0.1) is 10.6 Å². The van der Waals surface area contributed by atoms with Crippen LogP contribution in [0.3, 0.4) is 0 Å². The molecule has 0 fully saturated rings. The number of ether oxygens (including phenoxy) is 1. The van der Waals surface area contributed by atoms with Crippen LogP contribution in [0.25, 0.3) is 0 Å². The number of halogens is 3. The lowest BCUT2D eigenvalue weighted by molar-refractivity contribution is 0.101. The Morgan fingerprint density at radius 2 is 1.95 bits per heavy atom. The monoisotopic (exact) mass is 296 g/mol. The molecule has 0 saturated heterocycles. The van der Waals surface area contributed by atoms with Gasteiger partial charge < -0.3 is 4.74 Å². The molecular weight excluding hydrogens is 286 g/mol. The summed E-state index contributed by atoms with van der Waals surface area (Å²) >= 11 is 5.58. The molecule has 2 rings (SSSR count). The summed E-state index contributed by atoms with van der Waals surface area (Å²) in [5, 5.41) is 0.0175. The first-order valence-electron chi connectivity index (χ1n) is 5.84. The molecule has 0 heterocycles. The Morgan fingerprint density at radius 3 is 2.60 bits per heavy atom. The Labute approximate surface area is 119 Å². The molecular formula is C15H11ClF2O2. The molecule has 2 aromatic rings. The van der Waals surface area contributed by atoms with Crippen molar-refractivity contribution in [2.75, 3.05) is 0 Å².